The Kier molecular flexibility index (Phi) is 7.37. The minimum Gasteiger partial charge on any atom is -0.415 e. The molecule has 0 saturated heterocycles. The third kappa shape index (κ3) is 6.52. The topological polar surface area (TPSA) is 30.5 Å². The fourth-order valence-corrected chi connectivity index (χ4v) is 3.37. The Morgan fingerprint density at radius 2 is 1.05 bits per heavy atom. The van der Waals surface area contributed by atoms with Crippen molar-refractivity contribution < 1.29 is 8.85 Å². The van der Waals surface area contributed by atoms with Crippen molar-refractivity contribution in [1.82, 2.24) is 5.32 Å². The van der Waals surface area contributed by atoms with Crippen LogP contribution in [0.2, 0.25) is 36.3 Å². The van der Waals surface area contributed by atoms with Gasteiger partial charge in [0.15, 0.2) is 16.6 Å². The summed E-state index contributed by atoms with van der Waals surface area (Å²) in [6.45, 7) is 24.3. The van der Waals surface area contributed by atoms with Crippen molar-refractivity contribution >= 4 is 16.6 Å². The van der Waals surface area contributed by atoms with Crippen molar-refractivity contribution in [1.29, 1.82) is 0 Å². The van der Waals surface area contributed by atoms with Gasteiger partial charge in [-0.3, -0.25) is 0 Å². The summed E-state index contributed by atoms with van der Waals surface area (Å²) in [5, 5.41) is 3.86. The molecule has 0 rings (SSSR count). The van der Waals surface area contributed by atoms with E-state index in [0.717, 1.165) is 13.2 Å². The predicted octanol–water partition coefficient (Wildman–Crippen LogP) is 4.62. The van der Waals surface area contributed by atoms with Crippen LogP contribution in [0, 0.1) is 0 Å². The lowest BCUT2D eigenvalue weighted by atomic mass is 10.2. The molecule has 5 heteroatoms. The molecule has 0 saturated carbocycles. The fourth-order valence-electron chi connectivity index (χ4n) is 1.27. The first-order valence-electron chi connectivity index (χ1n) is 8.09. The first kappa shape index (κ1) is 21.3. The van der Waals surface area contributed by atoms with Gasteiger partial charge in [-0.15, -0.1) is 0 Å². The zero-order valence-corrected chi connectivity index (χ0v) is 18.3. The molecule has 0 radical (unpaired) electrons. The highest BCUT2D eigenvalue weighted by Gasteiger charge is 2.39. The molecule has 0 unspecified atom stereocenters. The van der Waals surface area contributed by atoms with Crippen LogP contribution in [0.4, 0.5) is 0 Å². The Bertz CT molecular complexity index is 287. The van der Waals surface area contributed by atoms with Gasteiger partial charge in [-0.25, -0.2) is 0 Å². The normalized spacial score (nSPS) is 14.9. The number of hydrogen-bond acceptors (Lipinski definition) is 3. The Morgan fingerprint density at radius 3 is 1.24 bits per heavy atom. The van der Waals surface area contributed by atoms with Crippen molar-refractivity contribution in [3.8, 4) is 0 Å². The number of nitrogens with one attached hydrogen (secondary N) is 1. The number of hydrogen-bond donors (Lipinski definition) is 1. The molecule has 128 valence electrons. The molecule has 0 heterocycles. The molecule has 0 spiro atoms. The van der Waals surface area contributed by atoms with E-state index in [9.17, 15) is 0 Å². The highest BCUT2D eigenvalue weighted by molar-refractivity contribution is 6.74. The molecule has 1 N–H and O–H groups in total. The van der Waals surface area contributed by atoms with E-state index in [2.05, 4.69) is 73.0 Å². The van der Waals surface area contributed by atoms with Crippen LogP contribution in [0.5, 0.6) is 0 Å². The molecular weight excluding hydrogens is 294 g/mol. The maximum atomic E-state index is 6.31. The average Bonchev–Trinajstić information content (AvgIpc) is 2.26. The van der Waals surface area contributed by atoms with Gasteiger partial charge in [0.1, 0.15) is 0 Å². The van der Waals surface area contributed by atoms with E-state index in [1.54, 1.807) is 0 Å². The first-order chi connectivity index (χ1) is 9.14. The van der Waals surface area contributed by atoms with Crippen LogP contribution in [0.25, 0.3) is 0 Å². The molecule has 0 atom stereocenters. The van der Waals surface area contributed by atoms with Crippen LogP contribution in [0.1, 0.15) is 41.5 Å². The second-order valence-electron chi connectivity index (χ2n) is 9.13. The summed E-state index contributed by atoms with van der Waals surface area (Å²) in [6, 6.07) is 0.272. The number of likely N-dealkylation sites (N-methyl/N-ethyl adjacent to an activating group) is 1. The van der Waals surface area contributed by atoms with E-state index >= 15 is 0 Å². The molecule has 0 aromatic heterocycles. The van der Waals surface area contributed by atoms with E-state index in [-0.39, 0.29) is 16.1 Å². The van der Waals surface area contributed by atoms with Crippen molar-refractivity contribution in [2.45, 2.75) is 83.8 Å². The van der Waals surface area contributed by atoms with Crippen molar-refractivity contribution in [3.63, 3.8) is 0 Å². The van der Waals surface area contributed by atoms with E-state index < -0.39 is 16.6 Å². The van der Waals surface area contributed by atoms with Gasteiger partial charge in [0.2, 0.25) is 0 Å². The summed E-state index contributed by atoms with van der Waals surface area (Å²) in [4.78, 5) is 0. The summed E-state index contributed by atoms with van der Waals surface area (Å²) >= 11 is 0. The van der Waals surface area contributed by atoms with Gasteiger partial charge in [0, 0.05) is 0 Å². The molecule has 0 amide bonds. The smallest absolute Gasteiger partial charge is 0.192 e. The lowest BCUT2D eigenvalue weighted by Gasteiger charge is -2.39. The second kappa shape index (κ2) is 7.26. The molecule has 3 nitrogen and oxygen atoms in total. The van der Waals surface area contributed by atoms with Crippen LogP contribution < -0.4 is 5.32 Å². The van der Waals surface area contributed by atoms with E-state index in [0.29, 0.717) is 0 Å². The number of rotatable bonds is 7. The van der Waals surface area contributed by atoms with Crippen LogP contribution in [0.3, 0.4) is 0 Å². The van der Waals surface area contributed by atoms with Crippen LogP contribution in [-0.2, 0) is 8.85 Å². The van der Waals surface area contributed by atoms with E-state index in [1.807, 2.05) is 7.05 Å². The minimum absolute atomic E-state index is 0.256. The molecule has 0 fully saturated rings. The molecule has 0 bridgehead atoms. The van der Waals surface area contributed by atoms with Gasteiger partial charge >= 0.3 is 0 Å². The van der Waals surface area contributed by atoms with Crippen molar-refractivity contribution in [2.24, 2.45) is 0 Å². The lowest BCUT2D eigenvalue weighted by Crippen LogP contribution is -2.48. The largest absolute Gasteiger partial charge is 0.415 e. The summed E-state index contributed by atoms with van der Waals surface area (Å²) in [5.41, 5.74) is 0. The molecule has 0 aliphatic rings. The molecular formula is C16H39NO2Si2. The minimum atomic E-state index is -1.68. The van der Waals surface area contributed by atoms with Gasteiger partial charge in [0.25, 0.3) is 0 Å². The Morgan fingerprint density at radius 1 is 0.762 bits per heavy atom. The van der Waals surface area contributed by atoms with Crippen LogP contribution in [-0.4, -0.2) is 42.9 Å². The maximum Gasteiger partial charge on any atom is 0.192 e. The fraction of sp³-hybridized carbons (Fsp3) is 1.00. The predicted molar refractivity (Wildman–Crippen MR) is 99.1 cm³/mol. The van der Waals surface area contributed by atoms with Crippen molar-refractivity contribution in [3.05, 3.63) is 0 Å². The third-order valence-electron chi connectivity index (χ3n) is 5.31. The highest BCUT2D eigenvalue weighted by Crippen LogP contribution is 2.37. The Balaban J connectivity index is 4.51. The van der Waals surface area contributed by atoms with Gasteiger partial charge in [-0.05, 0) is 43.3 Å². The average molecular weight is 334 g/mol. The summed E-state index contributed by atoms with van der Waals surface area (Å²) < 4.78 is 12.6. The third-order valence-corrected chi connectivity index (χ3v) is 14.3. The quantitative estimate of drug-likeness (QED) is 0.690. The lowest BCUT2D eigenvalue weighted by molar-refractivity contribution is 0.182. The van der Waals surface area contributed by atoms with E-state index in [1.165, 1.54) is 0 Å². The van der Waals surface area contributed by atoms with Crippen molar-refractivity contribution in [2.75, 3.05) is 20.3 Å². The Labute approximate surface area is 135 Å². The molecule has 0 aromatic carbocycles. The SMILES string of the molecule is CNC(CO[Si](C)(C)C(C)(C)C)CO[Si](C)(C)C(C)(C)C. The molecule has 0 aromatic rings. The van der Waals surface area contributed by atoms with Gasteiger partial charge in [0.05, 0.1) is 19.3 Å². The zero-order chi connectivity index (χ0) is 17.1. The molecule has 0 aliphatic heterocycles. The standard InChI is InChI=1S/C16H39NO2Si2/c1-15(2,3)20(8,9)18-12-14(17-7)13-19-21(10,11)16(4,5)6/h14,17H,12-13H2,1-11H3. The van der Waals surface area contributed by atoms with Gasteiger partial charge in [-0.1, -0.05) is 41.5 Å². The zero-order valence-electron chi connectivity index (χ0n) is 16.3. The van der Waals surface area contributed by atoms with E-state index in [4.69, 9.17) is 8.85 Å². The van der Waals surface area contributed by atoms with Crippen LogP contribution >= 0.6 is 0 Å². The maximum absolute atomic E-state index is 6.31. The first-order valence-corrected chi connectivity index (χ1v) is 13.9. The monoisotopic (exact) mass is 333 g/mol. The molecule has 21 heavy (non-hydrogen) atoms. The summed E-state index contributed by atoms with van der Waals surface area (Å²) in [6.07, 6.45) is 0. The summed E-state index contributed by atoms with van der Waals surface area (Å²) in [7, 11) is -1.36. The van der Waals surface area contributed by atoms with Crippen LogP contribution in [0.15, 0.2) is 0 Å². The summed E-state index contributed by atoms with van der Waals surface area (Å²) in [5.74, 6) is 0. The highest BCUT2D eigenvalue weighted by atomic mass is 28.4. The second-order valence-corrected chi connectivity index (χ2v) is 18.7. The Hall–Kier alpha value is 0.314. The van der Waals surface area contributed by atoms with Gasteiger partial charge in [-0.2, -0.15) is 0 Å². The molecule has 0 aliphatic carbocycles. The van der Waals surface area contributed by atoms with Gasteiger partial charge < -0.3 is 14.2 Å².